The number of ketones is 1. The van der Waals surface area contributed by atoms with E-state index < -0.39 is 0 Å². The number of Topliss-reactive ketones (excluding diaryl/α,β-unsaturated/α-hetero) is 1. The standard InChI is InChI=1S/C28H32N4O5/c1-17-21(15-26-27(34)23-13-18(30-28(35)29-2)5-8-25(23)37-26)22-14-20(36-3)6-7-24(22)32(17)11-4-10-31-12-9-19(33)16-31/h5-8,13-15,19,33H,4,9-12,16H2,1-3H3,(H2,29,30,35). The second-order valence-corrected chi connectivity index (χ2v) is 9.49. The number of fused-ring (bicyclic) bond motifs is 2. The van der Waals surface area contributed by atoms with Crippen molar-refractivity contribution in [3.05, 3.63) is 59.0 Å². The summed E-state index contributed by atoms with van der Waals surface area (Å²) in [4.78, 5) is 27.2. The van der Waals surface area contributed by atoms with Gasteiger partial charge < -0.3 is 34.7 Å². The Morgan fingerprint density at radius 3 is 2.81 bits per heavy atom. The van der Waals surface area contributed by atoms with Crippen LogP contribution in [0.3, 0.4) is 0 Å². The highest BCUT2D eigenvalue weighted by Crippen LogP contribution is 2.37. The molecule has 1 fully saturated rings. The van der Waals surface area contributed by atoms with Crippen molar-refractivity contribution >= 4 is 34.5 Å². The maximum absolute atomic E-state index is 13.3. The molecule has 1 saturated heterocycles. The Hall–Kier alpha value is -3.82. The maximum Gasteiger partial charge on any atom is 0.318 e. The van der Waals surface area contributed by atoms with Gasteiger partial charge in [-0.15, -0.1) is 0 Å². The van der Waals surface area contributed by atoms with Gasteiger partial charge in [0.05, 0.1) is 18.8 Å². The predicted octanol–water partition coefficient (Wildman–Crippen LogP) is 3.78. The average Bonchev–Trinajstić information content (AvgIpc) is 3.54. The van der Waals surface area contributed by atoms with E-state index >= 15 is 0 Å². The summed E-state index contributed by atoms with van der Waals surface area (Å²) in [7, 11) is 3.17. The molecular weight excluding hydrogens is 472 g/mol. The fourth-order valence-corrected chi connectivity index (χ4v) is 5.14. The number of carbonyl (C=O) groups is 2. The number of rotatable bonds is 7. The van der Waals surface area contributed by atoms with E-state index in [9.17, 15) is 14.7 Å². The van der Waals surface area contributed by atoms with Gasteiger partial charge in [0.25, 0.3) is 0 Å². The predicted molar refractivity (Wildman–Crippen MR) is 142 cm³/mol. The summed E-state index contributed by atoms with van der Waals surface area (Å²) in [6, 6.07) is 10.6. The molecule has 1 atom stereocenters. The van der Waals surface area contributed by atoms with Crippen molar-refractivity contribution in [2.75, 3.05) is 39.1 Å². The largest absolute Gasteiger partial charge is 0.497 e. The van der Waals surface area contributed by atoms with Gasteiger partial charge >= 0.3 is 6.03 Å². The molecule has 2 aromatic carbocycles. The fraction of sp³-hybridized carbons (Fsp3) is 0.357. The topological polar surface area (TPSA) is 105 Å². The molecule has 5 rings (SSSR count). The number of nitrogens with one attached hydrogen (secondary N) is 2. The minimum Gasteiger partial charge on any atom is -0.497 e. The molecule has 2 aliphatic heterocycles. The minimum atomic E-state index is -0.361. The molecule has 0 spiro atoms. The lowest BCUT2D eigenvalue weighted by atomic mass is 10.1. The average molecular weight is 505 g/mol. The van der Waals surface area contributed by atoms with Crippen molar-refractivity contribution in [1.29, 1.82) is 0 Å². The molecule has 0 aliphatic carbocycles. The van der Waals surface area contributed by atoms with Gasteiger partial charge in [-0.3, -0.25) is 4.79 Å². The first-order valence-electron chi connectivity index (χ1n) is 12.5. The van der Waals surface area contributed by atoms with Crippen molar-refractivity contribution < 1.29 is 24.2 Å². The number of urea groups is 1. The number of amides is 2. The van der Waals surface area contributed by atoms with E-state index in [0.717, 1.165) is 66.9 Å². The second-order valence-electron chi connectivity index (χ2n) is 9.49. The summed E-state index contributed by atoms with van der Waals surface area (Å²) in [5.41, 5.74) is 3.93. The summed E-state index contributed by atoms with van der Waals surface area (Å²) >= 11 is 0. The number of ether oxygens (including phenoxy) is 2. The number of anilines is 1. The Morgan fingerprint density at radius 2 is 2.08 bits per heavy atom. The third-order valence-electron chi connectivity index (χ3n) is 7.11. The molecule has 1 unspecified atom stereocenters. The number of methoxy groups -OCH3 is 1. The van der Waals surface area contributed by atoms with Gasteiger partial charge in [0, 0.05) is 54.5 Å². The van der Waals surface area contributed by atoms with Crippen LogP contribution in [-0.2, 0) is 6.54 Å². The van der Waals surface area contributed by atoms with Gasteiger partial charge in [-0.1, -0.05) is 0 Å². The van der Waals surface area contributed by atoms with Crippen LogP contribution in [0.2, 0.25) is 0 Å². The lowest BCUT2D eigenvalue weighted by Gasteiger charge is -2.16. The number of aryl methyl sites for hydroxylation is 1. The lowest BCUT2D eigenvalue weighted by molar-refractivity contribution is 0.101. The van der Waals surface area contributed by atoms with Gasteiger partial charge in [-0.25, -0.2) is 4.79 Å². The Kier molecular flexibility index (Phi) is 6.90. The van der Waals surface area contributed by atoms with Gasteiger partial charge in [-0.2, -0.15) is 0 Å². The molecule has 3 N–H and O–H groups in total. The van der Waals surface area contributed by atoms with E-state index in [1.807, 2.05) is 18.2 Å². The zero-order chi connectivity index (χ0) is 26.1. The summed E-state index contributed by atoms with van der Waals surface area (Å²) in [5, 5.41) is 16.0. The van der Waals surface area contributed by atoms with Crippen molar-refractivity contribution in [1.82, 2.24) is 14.8 Å². The number of benzene rings is 2. The van der Waals surface area contributed by atoms with Crippen LogP contribution in [0.1, 0.15) is 34.5 Å². The summed E-state index contributed by atoms with van der Waals surface area (Å²) in [5.74, 6) is 1.21. The number of allylic oxidation sites excluding steroid dienone is 1. The van der Waals surface area contributed by atoms with Gasteiger partial charge in [0.15, 0.2) is 5.76 Å². The van der Waals surface area contributed by atoms with Gasteiger partial charge in [0.1, 0.15) is 11.5 Å². The van der Waals surface area contributed by atoms with E-state index in [-0.39, 0.29) is 23.7 Å². The molecule has 2 aliphatic rings. The molecule has 3 heterocycles. The van der Waals surface area contributed by atoms with Crippen LogP contribution in [0.5, 0.6) is 11.5 Å². The van der Waals surface area contributed by atoms with Crippen molar-refractivity contribution in [3.8, 4) is 11.5 Å². The number of hydrogen-bond donors (Lipinski definition) is 3. The monoisotopic (exact) mass is 504 g/mol. The number of aliphatic hydroxyl groups excluding tert-OH is 1. The zero-order valence-corrected chi connectivity index (χ0v) is 21.3. The first-order chi connectivity index (χ1) is 17.9. The molecule has 37 heavy (non-hydrogen) atoms. The molecule has 9 heteroatoms. The normalized spacial score (nSPS) is 18.3. The molecule has 3 aromatic rings. The summed E-state index contributed by atoms with van der Waals surface area (Å²) in [6.45, 7) is 5.46. The Balaban J connectivity index is 1.45. The number of aliphatic hydroxyl groups is 1. The summed E-state index contributed by atoms with van der Waals surface area (Å²) in [6.07, 6.45) is 3.37. The first-order valence-corrected chi connectivity index (χ1v) is 12.5. The minimum absolute atomic E-state index is 0.219. The highest BCUT2D eigenvalue weighted by Gasteiger charge is 2.29. The molecule has 0 bridgehead atoms. The van der Waals surface area contributed by atoms with E-state index in [1.54, 1.807) is 31.4 Å². The molecule has 0 radical (unpaired) electrons. The van der Waals surface area contributed by atoms with Crippen LogP contribution >= 0.6 is 0 Å². The van der Waals surface area contributed by atoms with E-state index in [2.05, 4.69) is 27.0 Å². The first kappa shape index (κ1) is 24.9. The smallest absolute Gasteiger partial charge is 0.318 e. The zero-order valence-electron chi connectivity index (χ0n) is 21.3. The van der Waals surface area contributed by atoms with Crippen molar-refractivity contribution in [3.63, 3.8) is 0 Å². The van der Waals surface area contributed by atoms with Crippen LogP contribution in [0.15, 0.2) is 42.2 Å². The second kappa shape index (κ2) is 10.3. The molecule has 194 valence electrons. The van der Waals surface area contributed by atoms with Gasteiger partial charge in [0.2, 0.25) is 5.78 Å². The van der Waals surface area contributed by atoms with Crippen molar-refractivity contribution in [2.45, 2.75) is 32.4 Å². The van der Waals surface area contributed by atoms with E-state index in [4.69, 9.17) is 9.47 Å². The van der Waals surface area contributed by atoms with Crippen LogP contribution in [0, 0.1) is 6.92 Å². The van der Waals surface area contributed by atoms with E-state index in [1.165, 1.54) is 7.05 Å². The van der Waals surface area contributed by atoms with E-state index in [0.29, 0.717) is 17.0 Å². The highest BCUT2D eigenvalue weighted by atomic mass is 16.5. The van der Waals surface area contributed by atoms with Gasteiger partial charge in [-0.05, 0) is 68.8 Å². The lowest BCUT2D eigenvalue weighted by Crippen LogP contribution is -2.24. The van der Waals surface area contributed by atoms with Crippen LogP contribution < -0.4 is 20.1 Å². The number of nitrogens with zero attached hydrogens (tertiary/aromatic N) is 2. The molecule has 9 nitrogen and oxygen atoms in total. The Morgan fingerprint density at radius 1 is 1.24 bits per heavy atom. The van der Waals surface area contributed by atoms with Crippen LogP contribution in [-0.4, -0.2) is 66.3 Å². The fourth-order valence-electron chi connectivity index (χ4n) is 5.14. The molecule has 2 amide bonds. The Labute approximate surface area is 215 Å². The quantitative estimate of drug-likeness (QED) is 0.423. The number of β-amino-alcohol motifs (C(OH)–C–C–N with tert-alkyl or cyclic N) is 1. The SMILES string of the molecule is CNC(=O)Nc1ccc2c(c1)C(=O)C(=Cc1c(C)n(CCCN3CCC(O)C3)c3ccc(OC)cc13)O2. The van der Waals surface area contributed by atoms with Crippen LogP contribution in [0.25, 0.3) is 17.0 Å². The van der Waals surface area contributed by atoms with Crippen molar-refractivity contribution in [2.24, 2.45) is 0 Å². The summed E-state index contributed by atoms with van der Waals surface area (Å²) < 4.78 is 13.7. The number of hydrogen-bond acceptors (Lipinski definition) is 6. The number of carbonyl (C=O) groups excluding carboxylic acids is 2. The molecule has 0 saturated carbocycles. The highest BCUT2D eigenvalue weighted by molar-refractivity contribution is 6.16. The third kappa shape index (κ3) is 4.92. The third-order valence-corrected chi connectivity index (χ3v) is 7.11. The molecule has 1 aromatic heterocycles. The van der Waals surface area contributed by atoms with Crippen LogP contribution in [0.4, 0.5) is 10.5 Å². The molecular formula is C28H32N4O5. The number of aromatic nitrogens is 1. The maximum atomic E-state index is 13.3. The number of likely N-dealkylation sites (tertiary alicyclic amines) is 1. The Bertz CT molecular complexity index is 1390.